The minimum Gasteiger partial charge on any atom is -0.496 e. The third kappa shape index (κ3) is 3.72. The van der Waals surface area contributed by atoms with Crippen molar-refractivity contribution in [1.82, 2.24) is 0 Å². The fourth-order valence-electron chi connectivity index (χ4n) is 2.29. The second kappa shape index (κ2) is 7.49. The van der Waals surface area contributed by atoms with Crippen molar-refractivity contribution < 1.29 is 19.0 Å². The number of ether oxygens (including phenoxy) is 3. The van der Waals surface area contributed by atoms with E-state index in [2.05, 4.69) is 0 Å². The molecule has 0 radical (unpaired) electrons. The lowest BCUT2D eigenvalue weighted by molar-refractivity contribution is 0.102. The van der Waals surface area contributed by atoms with Crippen LogP contribution in [0.25, 0.3) is 6.08 Å². The molecule has 0 saturated carbocycles. The molecule has 0 spiro atoms. The number of carbonyl (C=O) groups excluding carboxylic acids is 1. The maximum absolute atomic E-state index is 12.8. The lowest BCUT2D eigenvalue weighted by Gasteiger charge is -2.14. The molecule has 0 saturated heterocycles. The normalized spacial score (nSPS) is 11.0. The van der Waals surface area contributed by atoms with Crippen LogP contribution in [0.5, 0.6) is 17.2 Å². The van der Waals surface area contributed by atoms with Gasteiger partial charge in [0.05, 0.1) is 21.3 Å². The van der Waals surface area contributed by atoms with Gasteiger partial charge in [-0.3, -0.25) is 4.79 Å². The van der Waals surface area contributed by atoms with Crippen LogP contribution in [0.15, 0.2) is 48.0 Å². The molecule has 0 aromatic heterocycles. The highest BCUT2D eigenvalue weighted by molar-refractivity contribution is 6.14. The average molecular weight is 312 g/mol. The Morgan fingerprint density at radius 2 is 1.48 bits per heavy atom. The molecule has 4 heteroatoms. The maximum Gasteiger partial charge on any atom is 0.196 e. The van der Waals surface area contributed by atoms with Gasteiger partial charge in [0.25, 0.3) is 0 Å². The molecule has 0 heterocycles. The van der Waals surface area contributed by atoms with Gasteiger partial charge >= 0.3 is 0 Å². The van der Waals surface area contributed by atoms with Crippen LogP contribution in [-0.4, -0.2) is 27.1 Å². The Labute approximate surface area is 136 Å². The lowest BCUT2D eigenvalue weighted by Crippen LogP contribution is -2.07. The van der Waals surface area contributed by atoms with Crippen molar-refractivity contribution in [2.75, 3.05) is 21.3 Å². The number of hydrogen-bond acceptors (Lipinski definition) is 4. The van der Waals surface area contributed by atoms with E-state index >= 15 is 0 Å². The zero-order valence-electron chi connectivity index (χ0n) is 13.8. The summed E-state index contributed by atoms with van der Waals surface area (Å²) in [5, 5.41) is 0. The predicted molar refractivity (Wildman–Crippen MR) is 90.5 cm³/mol. The molecule has 4 nitrogen and oxygen atoms in total. The third-order valence-corrected chi connectivity index (χ3v) is 3.48. The standard InChI is InChI=1S/C19H20O4/c1-13(10-14-8-6-5-7-9-14)19(20)18-16(22-3)11-15(21-2)12-17(18)23-4/h5-12H,1-4H3. The van der Waals surface area contributed by atoms with Crippen LogP contribution in [-0.2, 0) is 0 Å². The molecule has 0 aliphatic heterocycles. The van der Waals surface area contributed by atoms with Gasteiger partial charge in [-0.15, -0.1) is 0 Å². The Kier molecular flexibility index (Phi) is 5.41. The van der Waals surface area contributed by atoms with Crippen molar-refractivity contribution in [3.63, 3.8) is 0 Å². The molecule has 0 N–H and O–H groups in total. The van der Waals surface area contributed by atoms with Crippen molar-refractivity contribution in [3.8, 4) is 17.2 Å². The second-order valence-corrected chi connectivity index (χ2v) is 4.97. The maximum atomic E-state index is 12.8. The largest absolute Gasteiger partial charge is 0.496 e. The summed E-state index contributed by atoms with van der Waals surface area (Å²) in [4.78, 5) is 12.8. The summed E-state index contributed by atoms with van der Waals surface area (Å²) >= 11 is 0. The number of ketones is 1. The van der Waals surface area contributed by atoms with Gasteiger partial charge in [0, 0.05) is 12.1 Å². The van der Waals surface area contributed by atoms with Crippen LogP contribution in [0.2, 0.25) is 0 Å². The Hall–Kier alpha value is -2.75. The molecular weight excluding hydrogens is 292 g/mol. The highest BCUT2D eigenvalue weighted by Gasteiger charge is 2.21. The van der Waals surface area contributed by atoms with E-state index in [4.69, 9.17) is 14.2 Å². The zero-order valence-corrected chi connectivity index (χ0v) is 13.8. The van der Waals surface area contributed by atoms with E-state index in [1.54, 1.807) is 26.2 Å². The fourth-order valence-corrected chi connectivity index (χ4v) is 2.29. The van der Waals surface area contributed by atoms with E-state index in [0.29, 0.717) is 28.4 Å². The summed E-state index contributed by atoms with van der Waals surface area (Å²) in [6.45, 7) is 1.78. The Bertz CT molecular complexity index is 692. The Balaban J connectivity index is 2.48. The molecule has 0 aliphatic rings. The summed E-state index contributed by atoms with van der Waals surface area (Å²) in [7, 11) is 4.58. The van der Waals surface area contributed by atoms with Crippen molar-refractivity contribution in [1.29, 1.82) is 0 Å². The third-order valence-electron chi connectivity index (χ3n) is 3.48. The van der Waals surface area contributed by atoms with Crippen molar-refractivity contribution in [2.24, 2.45) is 0 Å². The van der Waals surface area contributed by atoms with Crippen LogP contribution >= 0.6 is 0 Å². The van der Waals surface area contributed by atoms with Gasteiger partial charge in [-0.2, -0.15) is 0 Å². The van der Waals surface area contributed by atoms with Gasteiger partial charge in [0.1, 0.15) is 22.8 Å². The van der Waals surface area contributed by atoms with Crippen LogP contribution < -0.4 is 14.2 Å². The van der Waals surface area contributed by atoms with E-state index in [9.17, 15) is 4.79 Å². The minimum atomic E-state index is -0.148. The number of allylic oxidation sites excluding steroid dienone is 1. The molecule has 120 valence electrons. The first-order chi connectivity index (χ1) is 11.1. The topological polar surface area (TPSA) is 44.8 Å². The monoisotopic (exact) mass is 312 g/mol. The summed E-state index contributed by atoms with van der Waals surface area (Å²) in [6, 6.07) is 13.0. The average Bonchev–Trinajstić information content (AvgIpc) is 2.60. The van der Waals surface area contributed by atoms with Gasteiger partial charge < -0.3 is 14.2 Å². The van der Waals surface area contributed by atoms with E-state index < -0.39 is 0 Å². The molecule has 0 fully saturated rings. The molecule has 0 atom stereocenters. The minimum absolute atomic E-state index is 0.148. The molecule has 0 amide bonds. The smallest absolute Gasteiger partial charge is 0.196 e. The van der Waals surface area contributed by atoms with E-state index in [-0.39, 0.29) is 5.78 Å². The van der Waals surface area contributed by atoms with Crippen LogP contribution in [0, 0.1) is 0 Å². The van der Waals surface area contributed by atoms with Crippen LogP contribution in [0.4, 0.5) is 0 Å². The Morgan fingerprint density at radius 1 is 0.913 bits per heavy atom. The highest BCUT2D eigenvalue weighted by Crippen LogP contribution is 2.35. The summed E-state index contributed by atoms with van der Waals surface area (Å²) < 4.78 is 15.9. The number of hydrogen-bond donors (Lipinski definition) is 0. The SMILES string of the molecule is COc1cc(OC)c(C(=O)C(C)=Cc2ccccc2)c(OC)c1. The number of methoxy groups -OCH3 is 3. The first kappa shape index (κ1) is 16.6. The molecule has 0 unspecified atom stereocenters. The van der Waals surface area contributed by atoms with Gasteiger partial charge in [-0.05, 0) is 24.1 Å². The van der Waals surface area contributed by atoms with Crippen LogP contribution in [0.3, 0.4) is 0 Å². The van der Waals surface area contributed by atoms with Gasteiger partial charge in [-0.25, -0.2) is 0 Å². The molecule has 2 aromatic rings. The van der Waals surface area contributed by atoms with Crippen molar-refractivity contribution in [2.45, 2.75) is 6.92 Å². The summed E-state index contributed by atoms with van der Waals surface area (Å²) in [5.74, 6) is 1.27. The zero-order chi connectivity index (χ0) is 16.8. The summed E-state index contributed by atoms with van der Waals surface area (Å²) in [5.41, 5.74) is 1.95. The first-order valence-electron chi connectivity index (χ1n) is 7.18. The quantitative estimate of drug-likeness (QED) is 0.597. The van der Waals surface area contributed by atoms with E-state index in [1.165, 1.54) is 14.2 Å². The van der Waals surface area contributed by atoms with Gasteiger partial charge in [0.2, 0.25) is 0 Å². The number of benzene rings is 2. The molecular formula is C19H20O4. The molecule has 2 rings (SSSR count). The molecule has 0 aliphatic carbocycles. The first-order valence-corrected chi connectivity index (χ1v) is 7.18. The predicted octanol–water partition coefficient (Wildman–Crippen LogP) is 4.00. The van der Waals surface area contributed by atoms with Gasteiger partial charge in [0.15, 0.2) is 5.78 Å². The highest BCUT2D eigenvalue weighted by atomic mass is 16.5. The van der Waals surface area contributed by atoms with Crippen molar-refractivity contribution in [3.05, 3.63) is 59.2 Å². The van der Waals surface area contributed by atoms with Crippen LogP contribution in [0.1, 0.15) is 22.8 Å². The Morgan fingerprint density at radius 3 is 1.96 bits per heavy atom. The van der Waals surface area contributed by atoms with E-state index in [0.717, 1.165) is 5.56 Å². The number of Topliss-reactive ketones (excluding diaryl/α,β-unsaturated/α-hetero) is 1. The van der Waals surface area contributed by atoms with E-state index in [1.807, 2.05) is 36.4 Å². The molecule has 0 bridgehead atoms. The lowest BCUT2D eigenvalue weighted by atomic mass is 10.00. The second-order valence-electron chi connectivity index (χ2n) is 4.97. The number of rotatable bonds is 6. The van der Waals surface area contributed by atoms with Crippen molar-refractivity contribution >= 4 is 11.9 Å². The van der Waals surface area contributed by atoms with Gasteiger partial charge in [-0.1, -0.05) is 30.3 Å². The number of carbonyl (C=O) groups is 1. The molecule has 23 heavy (non-hydrogen) atoms. The fraction of sp³-hybridized carbons (Fsp3) is 0.211. The summed E-state index contributed by atoms with van der Waals surface area (Å²) in [6.07, 6.45) is 1.84. The molecule has 2 aromatic carbocycles.